The van der Waals surface area contributed by atoms with Gasteiger partial charge in [0.25, 0.3) is 11.8 Å². The van der Waals surface area contributed by atoms with Gasteiger partial charge in [-0.3, -0.25) is 9.78 Å². The molecule has 10 heteroatoms. The van der Waals surface area contributed by atoms with Crippen LogP contribution in [0.5, 0.6) is 0 Å². The van der Waals surface area contributed by atoms with Gasteiger partial charge in [-0.05, 0) is 30.7 Å². The number of fused-ring (bicyclic) bond motifs is 1. The first-order chi connectivity index (χ1) is 16.8. The van der Waals surface area contributed by atoms with Crippen LogP contribution in [0.15, 0.2) is 65.5 Å². The molecule has 0 aliphatic carbocycles. The smallest absolute Gasteiger partial charge is 0.266 e. The number of aromatic nitrogens is 6. The van der Waals surface area contributed by atoms with Crippen molar-refractivity contribution in [2.24, 2.45) is 7.05 Å². The maximum Gasteiger partial charge on any atom is 0.266 e. The molecule has 4 aromatic heterocycles. The molecule has 0 aliphatic rings. The fraction of sp³-hybridized carbons (Fsp3) is 0.120. The number of nitrogens with zero attached hydrogens (tertiary/aromatic N) is 6. The Balaban J connectivity index is 1.64. The van der Waals surface area contributed by atoms with E-state index in [4.69, 9.17) is 10.2 Å². The zero-order chi connectivity index (χ0) is 24.7. The number of nitrogen functional groups attached to an aromatic ring is 1. The summed E-state index contributed by atoms with van der Waals surface area (Å²) in [5.41, 5.74) is 12.1. The van der Waals surface area contributed by atoms with E-state index in [1.54, 1.807) is 20.0 Å². The van der Waals surface area contributed by atoms with E-state index in [0.717, 1.165) is 27.8 Å². The summed E-state index contributed by atoms with van der Waals surface area (Å²) in [6.45, 7) is 7.06. The third-order valence-electron chi connectivity index (χ3n) is 5.60. The molecule has 0 saturated heterocycles. The number of rotatable bonds is 5. The molecule has 174 valence electrons. The molecular weight excluding hydrogens is 444 g/mol. The molecule has 0 radical (unpaired) electrons. The van der Waals surface area contributed by atoms with Crippen LogP contribution in [0.2, 0.25) is 0 Å². The topological polar surface area (TPSA) is 138 Å². The molecule has 0 spiro atoms. The van der Waals surface area contributed by atoms with Crippen LogP contribution in [-0.4, -0.2) is 35.6 Å². The Morgan fingerprint density at radius 2 is 1.80 bits per heavy atom. The fourth-order valence-corrected chi connectivity index (χ4v) is 3.91. The highest BCUT2D eigenvalue weighted by Gasteiger charge is 2.22. The lowest BCUT2D eigenvalue weighted by Crippen LogP contribution is -2.11. The first kappa shape index (κ1) is 22.0. The molecule has 35 heavy (non-hydrogen) atoms. The van der Waals surface area contributed by atoms with Crippen LogP contribution < -0.4 is 11.1 Å². The highest BCUT2D eigenvalue weighted by atomic mass is 16.4. The lowest BCUT2D eigenvalue weighted by molar-refractivity contribution is -0.112. The Bertz CT molecular complexity index is 1580. The van der Waals surface area contributed by atoms with Crippen molar-refractivity contribution in [2.75, 3.05) is 11.1 Å². The van der Waals surface area contributed by atoms with Gasteiger partial charge in [0, 0.05) is 42.6 Å². The summed E-state index contributed by atoms with van der Waals surface area (Å²) >= 11 is 0. The molecule has 3 N–H and O–H groups in total. The predicted octanol–water partition coefficient (Wildman–Crippen LogP) is 4.15. The number of hydrogen-bond acceptors (Lipinski definition) is 8. The van der Waals surface area contributed by atoms with E-state index in [2.05, 4.69) is 37.0 Å². The molecule has 10 nitrogen and oxygen atoms in total. The van der Waals surface area contributed by atoms with Gasteiger partial charge >= 0.3 is 0 Å². The molecule has 5 rings (SSSR count). The van der Waals surface area contributed by atoms with Crippen molar-refractivity contribution >= 4 is 28.4 Å². The Kier molecular flexibility index (Phi) is 5.33. The van der Waals surface area contributed by atoms with Crippen LogP contribution in [0, 0.1) is 6.92 Å². The van der Waals surface area contributed by atoms with Gasteiger partial charge in [-0.1, -0.05) is 24.8 Å². The second-order valence-electron chi connectivity index (χ2n) is 8.11. The number of pyridine rings is 1. The van der Waals surface area contributed by atoms with Crippen molar-refractivity contribution in [2.45, 2.75) is 13.8 Å². The minimum Gasteiger partial charge on any atom is -0.420 e. The van der Waals surface area contributed by atoms with Crippen LogP contribution >= 0.6 is 0 Å². The average molecular weight is 467 g/mol. The second kappa shape index (κ2) is 8.49. The molecule has 0 atom stereocenters. The Labute approximate surface area is 200 Å². The van der Waals surface area contributed by atoms with Crippen molar-refractivity contribution < 1.29 is 9.21 Å². The molecule has 1 aromatic carbocycles. The maximum absolute atomic E-state index is 12.0. The summed E-state index contributed by atoms with van der Waals surface area (Å²) in [7, 11) is 1.92. The summed E-state index contributed by atoms with van der Waals surface area (Å²) in [6, 6.07) is 11.3. The number of anilines is 2. The minimum atomic E-state index is -0.228. The van der Waals surface area contributed by atoms with Crippen LogP contribution in [0.3, 0.4) is 0 Å². The molecule has 4 heterocycles. The van der Waals surface area contributed by atoms with Crippen molar-refractivity contribution in [1.29, 1.82) is 0 Å². The average Bonchev–Trinajstić information content (AvgIpc) is 3.41. The summed E-state index contributed by atoms with van der Waals surface area (Å²) < 4.78 is 7.46. The van der Waals surface area contributed by atoms with E-state index in [0.29, 0.717) is 40.2 Å². The SMILES string of the molecule is C=C(C)C(=O)Nc1ccc(-c2c(-c3ccc(-c4nnc(C)o4)nc3)c3c(N)ncnc3n2C)cc1. The third kappa shape index (κ3) is 3.90. The van der Waals surface area contributed by atoms with Crippen molar-refractivity contribution in [3.8, 4) is 34.0 Å². The maximum atomic E-state index is 12.0. The minimum absolute atomic E-state index is 0.228. The Morgan fingerprint density at radius 3 is 2.43 bits per heavy atom. The molecule has 5 aromatic rings. The van der Waals surface area contributed by atoms with Gasteiger partial charge < -0.3 is 20.0 Å². The lowest BCUT2D eigenvalue weighted by Gasteiger charge is -2.10. The number of amides is 1. The molecule has 0 bridgehead atoms. The van der Waals surface area contributed by atoms with Crippen LogP contribution in [0.25, 0.3) is 45.0 Å². The summed E-state index contributed by atoms with van der Waals surface area (Å²) in [5, 5.41) is 11.4. The van der Waals surface area contributed by atoms with E-state index in [1.807, 2.05) is 48.0 Å². The van der Waals surface area contributed by atoms with E-state index >= 15 is 0 Å². The zero-order valence-corrected chi connectivity index (χ0v) is 19.4. The standard InChI is InChI=1S/C25H22N8O2/c1-13(2)24(34)30-17-8-5-15(6-9-17)21-19(20-22(26)28-12-29-23(20)33(21)4)16-7-10-18(27-11-16)25-32-31-14(3)35-25/h5-12H,1H2,2-4H3,(H,30,34)(H2,26,28,29). The number of aryl methyl sites for hydroxylation is 2. The molecule has 1 amide bonds. The number of carbonyl (C=O) groups is 1. The van der Waals surface area contributed by atoms with Gasteiger partial charge in [-0.25, -0.2) is 9.97 Å². The predicted molar refractivity (Wildman–Crippen MR) is 133 cm³/mol. The van der Waals surface area contributed by atoms with Crippen LogP contribution in [0.4, 0.5) is 11.5 Å². The van der Waals surface area contributed by atoms with E-state index < -0.39 is 0 Å². The summed E-state index contributed by atoms with van der Waals surface area (Å²) in [5.74, 6) is 0.958. The van der Waals surface area contributed by atoms with Gasteiger partial charge in [0.05, 0.1) is 11.1 Å². The van der Waals surface area contributed by atoms with Gasteiger partial charge in [-0.15, -0.1) is 10.2 Å². The Morgan fingerprint density at radius 1 is 1.06 bits per heavy atom. The highest BCUT2D eigenvalue weighted by molar-refractivity contribution is 6.08. The molecule has 0 unspecified atom stereocenters. The molecule has 0 fully saturated rings. The molecular formula is C25H22N8O2. The lowest BCUT2D eigenvalue weighted by atomic mass is 9.99. The van der Waals surface area contributed by atoms with Crippen molar-refractivity contribution in [3.05, 3.63) is 67.0 Å². The monoisotopic (exact) mass is 466 g/mol. The number of carbonyl (C=O) groups excluding carboxylic acids is 1. The number of nitrogens with two attached hydrogens (primary N) is 1. The summed E-state index contributed by atoms with van der Waals surface area (Å²) in [4.78, 5) is 25.2. The van der Waals surface area contributed by atoms with E-state index in [-0.39, 0.29) is 5.91 Å². The quantitative estimate of drug-likeness (QED) is 0.368. The fourth-order valence-electron chi connectivity index (χ4n) is 3.91. The molecule has 0 saturated carbocycles. The van der Waals surface area contributed by atoms with Crippen molar-refractivity contribution in [1.82, 2.24) is 29.7 Å². The second-order valence-corrected chi connectivity index (χ2v) is 8.11. The van der Waals surface area contributed by atoms with Gasteiger partial charge in [-0.2, -0.15) is 0 Å². The van der Waals surface area contributed by atoms with Crippen molar-refractivity contribution in [3.63, 3.8) is 0 Å². The van der Waals surface area contributed by atoms with Crippen LogP contribution in [-0.2, 0) is 11.8 Å². The number of benzene rings is 1. The van der Waals surface area contributed by atoms with Gasteiger partial charge in [0.15, 0.2) is 0 Å². The summed E-state index contributed by atoms with van der Waals surface area (Å²) in [6.07, 6.45) is 3.18. The third-order valence-corrected chi connectivity index (χ3v) is 5.60. The first-order valence-electron chi connectivity index (χ1n) is 10.8. The highest BCUT2D eigenvalue weighted by Crippen LogP contribution is 2.41. The number of nitrogens with one attached hydrogen (secondary N) is 1. The largest absolute Gasteiger partial charge is 0.420 e. The van der Waals surface area contributed by atoms with E-state index in [1.165, 1.54) is 6.33 Å². The normalized spacial score (nSPS) is 11.1. The van der Waals surface area contributed by atoms with E-state index in [9.17, 15) is 4.79 Å². The first-order valence-corrected chi connectivity index (χ1v) is 10.8. The Hall–Kier alpha value is -4.86. The zero-order valence-electron chi connectivity index (χ0n) is 19.4. The van der Waals surface area contributed by atoms with Crippen LogP contribution in [0.1, 0.15) is 12.8 Å². The number of hydrogen-bond donors (Lipinski definition) is 2. The van der Waals surface area contributed by atoms with Gasteiger partial charge in [0.1, 0.15) is 23.5 Å². The molecule has 0 aliphatic heterocycles. The van der Waals surface area contributed by atoms with Gasteiger partial charge in [0.2, 0.25) is 5.89 Å².